The Hall–Kier alpha value is 0.324. The smallest absolute Gasteiger partial charge is 0.168 e. The standard InChI is InChI=1S/C9H19FOSi2/c1-13(11-12)9(6-10)5-7-2-3-8(9)4-7/h7-8,13H,2-6H2,1,12H3. The van der Waals surface area contributed by atoms with E-state index >= 15 is 0 Å². The molecule has 0 spiro atoms. The van der Waals surface area contributed by atoms with Gasteiger partial charge in [0.25, 0.3) is 0 Å². The molecule has 2 saturated carbocycles. The molecular weight excluding hydrogens is 199 g/mol. The highest BCUT2D eigenvalue weighted by atomic mass is 28.3. The van der Waals surface area contributed by atoms with E-state index in [1.165, 1.54) is 19.3 Å². The lowest BCUT2D eigenvalue weighted by Gasteiger charge is -2.38. The highest BCUT2D eigenvalue weighted by molar-refractivity contribution is 6.58. The SMILES string of the molecule is C[SiH](O[SiH3])C1(CF)CC2CCC1C2. The second kappa shape index (κ2) is 3.48. The van der Waals surface area contributed by atoms with Crippen molar-refractivity contribution in [2.24, 2.45) is 11.8 Å². The van der Waals surface area contributed by atoms with Crippen LogP contribution in [-0.2, 0) is 4.12 Å². The fourth-order valence-corrected chi connectivity index (χ4v) is 7.22. The summed E-state index contributed by atoms with van der Waals surface area (Å²) in [5, 5.41) is 0.0463. The summed E-state index contributed by atoms with van der Waals surface area (Å²) in [6, 6.07) is 0. The van der Waals surface area contributed by atoms with E-state index in [1.54, 1.807) is 0 Å². The first-order valence-corrected chi connectivity index (χ1v) is 8.33. The van der Waals surface area contributed by atoms with E-state index in [0.29, 0.717) is 5.92 Å². The second-order valence-electron chi connectivity index (χ2n) is 4.82. The maximum Gasteiger partial charge on any atom is 0.168 e. The quantitative estimate of drug-likeness (QED) is 0.646. The first-order chi connectivity index (χ1) is 6.23. The van der Waals surface area contributed by atoms with Crippen LogP contribution in [0.15, 0.2) is 0 Å². The summed E-state index contributed by atoms with van der Waals surface area (Å²) in [7, 11) is -0.429. The lowest BCUT2D eigenvalue weighted by Crippen LogP contribution is -2.38. The van der Waals surface area contributed by atoms with Crippen molar-refractivity contribution in [1.29, 1.82) is 0 Å². The Bertz CT molecular complexity index is 202. The van der Waals surface area contributed by atoms with E-state index in [0.717, 1.165) is 22.8 Å². The average molecular weight is 218 g/mol. The van der Waals surface area contributed by atoms with Crippen LogP contribution in [0.5, 0.6) is 0 Å². The molecule has 4 unspecified atom stereocenters. The molecule has 2 aliphatic carbocycles. The molecule has 13 heavy (non-hydrogen) atoms. The van der Waals surface area contributed by atoms with Crippen LogP contribution in [0.25, 0.3) is 0 Å². The summed E-state index contributed by atoms with van der Waals surface area (Å²) >= 11 is 0. The van der Waals surface area contributed by atoms with E-state index in [9.17, 15) is 4.39 Å². The van der Waals surface area contributed by atoms with Crippen molar-refractivity contribution in [3.8, 4) is 0 Å². The molecule has 0 N–H and O–H groups in total. The van der Waals surface area contributed by atoms with Crippen molar-refractivity contribution in [3.63, 3.8) is 0 Å². The van der Waals surface area contributed by atoms with Crippen LogP contribution in [0.1, 0.15) is 25.7 Å². The molecule has 0 aromatic carbocycles. The minimum atomic E-state index is -1.23. The fraction of sp³-hybridized carbons (Fsp3) is 1.00. The van der Waals surface area contributed by atoms with E-state index < -0.39 is 9.04 Å². The summed E-state index contributed by atoms with van der Waals surface area (Å²) in [6.07, 6.45) is 5.07. The molecule has 4 atom stereocenters. The van der Waals surface area contributed by atoms with Gasteiger partial charge in [0.1, 0.15) is 10.5 Å². The first kappa shape index (κ1) is 9.86. The zero-order chi connectivity index (χ0) is 9.47. The van der Waals surface area contributed by atoms with E-state index in [2.05, 4.69) is 6.55 Å². The lowest BCUT2D eigenvalue weighted by atomic mass is 9.88. The third-order valence-electron chi connectivity index (χ3n) is 4.43. The van der Waals surface area contributed by atoms with Gasteiger partial charge >= 0.3 is 0 Å². The zero-order valence-corrected chi connectivity index (χ0v) is 11.7. The van der Waals surface area contributed by atoms with Crippen molar-refractivity contribution in [2.75, 3.05) is 6.67 Å². The molecule has 2 aliphatic rings. The molecule has 0 aromatic rings. The first-order valence-electron chi connectivity index (χ1n) is 5.31. The monoisotopic (exact) mass is 218 g/mol. The maximum absolute atomic E-state index is 13.2. The predicted molar refractivity (Wildman–Crippen MR) is 58.2 cm³/mol. The van der Waals surface area contributed by atoms with E-state index in [4.69, 9.17) is 4.12 Å². The summed E-state index contributed by atoms with van der Waals surface area (Å²) in [5.74, 6) is 1.52. The molecule has 0 aliphatic heterocycles. The number of halogens is 1. The van der Waals surface area contributed by atoms with Gasteiger partial charge in [-0.05, 0) is 37.6 Å². The third kappa shape index (κ3) is 1.34. The Morgan fingerprint density at radius 2 is 2.38 bits per heavy atom. The molecule has 0 radical (unpaired) electrons. The molecule has 0 aromatic heterocycles. The van der Waals surface area contributed by atoms with Crippen LogP contribution < -0.4 is 0 Å². The van der Waals surface area contributed by atoms with Crippen LogP contribution in [0.2, 0.25) is 11.6 Å². The Labute approximate surface area is 84.3 Å². The van der Waals surface area contributed by atoms with Gasteiger partial charge in [0.05, 0.1) is 6.67 Å². The fourth-order valence-electron chi connectivity index (χ4n) is 3.49. The average Bonchev–Trinajstić information content (AvgIpc) is 2.75. The van der Waals surface area contributed by atoms with Crippen LogP contribution in [0.3, 0.4) is 0 Å². The van der Waals surface area contributed by atoms with Crippen LogP contribution in [-0.4, -0.2) is 26.2 Å². The molecular formula is C9H19FOSi2. The normalized spacial score (nSPS) is 45.7. The summed E-state index contributed by atoms with van der Waals surface area (Å²) in [4.78, 5) is 0. The van der Waals surface area contributed by atoms with Crippen molar-refractivity contribution < 1.29 is 8.51 Å². The Morgan fingerprint density at radius 3 is 2.77 bits per heavy atom. The molecule has 0 saturated heterocycles. The summed E-state index contributed by atoms with van der Waals surface area (Å²) in [5.41, 5.74) is 0. The van der Waals surface area contributed by atoms with Crippen LogP contribution >= 0.6 is 0 Å². The third-order valence-corrected chi connectivity index (χ3v) is 9.74. The van der Waals surface area contributed by atoms with Crippen molar-refractivity contribution in [2.45, 2.75) is 37.3 Å². The molecule has 2 bridgehead atoms. The van der Waals surface area contributed by atoms with Gasteiger partial charge in [-0.15, -0.1) is 0 Å². The molecule has 0 heterocycles. The van der Waals surface area contributed by atoms with Crippen molar-refractivity contribution in [3.05, 3.63) is 0 Å². The number of hydrogen-bond donors (Lipinski definition) is 0. The van der Waals surface area contributed by atoms with Gasteiger partial charge in [0, 0.05) is 5.04 Å². The van der Waals surface area contributed by atoms with Crippen molar-refractivity contribution in [1.82, 2.24) is 0 Å². The van der Waals surface area contributed by atoms with Gasteiger partial charge < -0.3 is 4.12 Å². The highest BCUT2D eigenvalue weighted by Crippen LogP contribution is 2.62. The number of rotatable bonds is 3. The summed E-state index contributed by atoms with van der Waals surface area (Å²) < 4.78 is 18.8. The van der Waals surface area contributed by atoms with Gasteiger partial charge in [0.2, 0.25) is 0 Å². The molecule has 0 amide bonds. The van der Waals surface area contributed by atoms with E-state index in [1.807, 2.05) is 0 Å². The minimum absolute atomic E-state index is 0.0463. The number of hydrogen-bond acceptors (Lipinski definition) is 1. The van der Waals surface area contributed by atoms with Gasteiger partial charge in [-0.25, -0.2) is 0 Å². The molecule has 2 fully saturated rings. The van der Waals surface area contributed by atoms with Gasteiger partial charge in [0.15, 0.2) is 9.04 Å². The molecule has 76 valence electrons. The molecule has 4 heteroatoms. The second-order valence-corrected chi connectivity index (χ2v) is 9.14. The van der Waals surface area contributed by atoms with Gasteiger partial charge in [-0.3, -0.25) is 4.39 Å². The topological polar surface area (TPSA) is 9.23 Å². The Kier molecular flexibility index (Phi) is 2.64. The van der Waals surface area contributed by atoms with E-state index in [-0.39, 0.29) is 11.7 Å². The molecule has 1 nitrogen and oxygen atoms in total. The maximum atomic E-state index is 13.2. The zero-order valence-electron chi connectivity index (χ0n) is 8.55. The number of fused-ring (bicyclic) bond motifs is 2. The number of alkyl halides is 1. The Balaban J connectivity index is 2.16. The van der Waals surface area contributed by atoms with Crippen molar-refractivity contribution >= 4 is 19.5 Å². The lowest BCUT2D eigenvalue weighted by molar-refractivity contribution is 0.256. The minimum Gasteiger partial charge on any atom is -0.465 e. The largest absolute Gasteiger partial charge is 0.465 e. The van der Waals surface area contributed by atoms with Gasteiger partial charge in [-0.1, -0.05) is 6.42 Å². The molecule has 2 rings (SSSR count). The summed E-state index contributed by atoms with van der Waals surface area (Å²) in [6.45, 7) is 2.09. The van der Waals surface area contributed by atoms with Crippen LogP contribution in [0, 0.1) is 11.8 Å². The van der Waals surface area contributed by atoms with Crippen LogP contribution in [0.4, 0.5) is 4.39 Å². The van der Waals surface area contributed by atoms with Gasteiger partial charge in [-0.2, -0.15) is 0 Å². The predicted octanol–water partition coefficient (Wildman–Crippen LogP) is 1.17. The highest BCUT2D eigenvalue weighted by Gasteiger charge is 2.54. The Morgan fingerprint density at radius 1 is 1.62 bits per heavy atom.